The van der Waals surface area contributed by atoms with Crippen LogP contribution in [0.2, 0.25) is 0 Å². The van der Waals surface area contributed by atoms with Gasteiger partial charge in [-0.1, -0.05) is 13.8 Å². The Morgan fingerprint density at radius 3 is 2.47 bits per heavy atom. The first-order valence-electron chi connectivity index (χ1n) is 4.98. The van der Waals surface area contributed by atoms with Gasteiger partial charge in [-0.2, -0.15) is 5.10 Å². The lowest BCUT2D eigenvalue weighted by Gasteiger charge is -2.21. The molecule has 2 N–H and O–H groups in total. The van der Waals surface area contributed by atoms with Crippen LogP contribution in [-0.2, 0) is 4.74 Å². The highest BCUT2D eigenvalue weighted by Crippen LogP contribution is 2.26. The van der Waals surface area contributed by atoms with Crippen LogP contribution in [0.5, 0.6) is 0 Å². The Kier molecular flexibility index (Phi) is 4.39. The highest BCUT2D eigenvalue weighted by molar-refractivity contribution is 14.1. The Balaban J connectivity index is 3.05. The van der Waals surface area contributed by atoms with Crippen LogP contribution in [0.3, 0.4) is 0 Å². The number of aromatic nitrogens is 2. The third-order valence-electron chi connectivity index (χ3n) is 2.47. The molecule has 0 radical (unpaired) electrons. The monoisotopic (exact) mass is 323 g/mol. The van der Waals surface area contributed by atoms with Crippen LogP contribution in [-0.4, -0.2) is 23.5 Å². The van der Waals surface area contributed by atoms with Crippen LogP contribution in [0.25, 0.3) is 0 Å². The Hall–Kier alpha value is -0.300. The molecule has 0 spiro atoms. The third kappa shape index (κ3) is 2.63. The zero-order valence-electron chi connectivity index (χ0n) is 9.62. The number of hydrogen-bond donors (Lipinski definition) is 1. The van der Waals surface area contributed by atoms with Gasteiger partial charge in [0.25, 0.3) is 0 Å². The summed E-state index contributed by atoms with van der Waals surface area (Å²) in [5.74, 6) is 1.19. The average molecular weight is 323 g/mol. The fourth-order valence-corrected chi connectivity index (χ4v) is 1.87. The predicted octanol–water partition coefficient (Wildman–Crippen LogP) is 2.22. The predicted molar refractivity (Wildman–Crippen MR) is 69.8 cm³/mol. The first-order valence-corrected chi connectivity index (χ1v) is 6.06. The van der Waals surface area contributed by atoms with Gasteiger partial charge < -0.3 is 10.5 Å². The molecule has 0 aliphatic rings. The highest BCUT2D eigenvalue weighted by atomic mass is 127. The number of rotatable bonds is 4. The summed E-state index contributed by atoms with van der Waals surface area (Å²) in [6.45, 7) is 6.90. The van der Waals surface area contributed by atoms with E-state index in [1.807, 2.05) is 11.6 Å². The van der Waals surface area contributed by atoms with Crippen molar-refractivity contribution in [1.82, 2.24) is 9.78 Å². The fourth-order valence-electron chi connectivity index (χ4n) is 1.51. The first-order chi connectivity index (χ1) is 6.99. The van der Waals surface area contributed by atoms with Crippen LogP contribution < -0.4 is 5.73 Å². The van der Waals surface area contributed by atoms with Gasteiger partial charge in [0.15, 0.2) is 0 Å². The largest absolute Gasteiger partial charge is 0.383 e. The standard InChI is InChI=1S/C10H18IN3O/c1-6(2)8(5-15-4)14-10(12)9(11)7(3)13-14/h6,8H,5,12H2,1-4H3. The van der Waals surface area contributed by atoms with E-state index in [-0.39, 0.29) is 6.04 Å². The van der Waals surface area contributed by atoms with Crippen LogP contribution >= 0.6 is 22.6 Å². The lowest BCUT2D eigenvalue weighted by molar-refractivity contribution is 0.127. The van der Waals surface area contributed by atoms with Gasteiger partial charge in [-0.05, 0) is 35.4 Å². The van der Waals surface area contributed by atoms with E-state index in [0.29, 0.717) is 12.5 Å². The molecule has 0 saturated heterocycles. The zero-order chi connectivity index (χ0) is 11.6. The molecule has 4 nitrogen and oxygen atoms in total. The molecule has 0 aliphatic carbocycles. The molecule has 1 atom stereocenters. The van der Waals surface area contributed by atoms with Crippen molar-refractivity contribution in [1.29, 1.82) is 0 Å². The molecule has 0 aliphatic heterocycles. The second-order valence-corrected chi connectivity index (χ2v) is 5.07. The maximum atomic E-state index is 6.01. The second kappa shape index (κ2) is 5.16. The zero-order valence-corrected chi connectivity index (χ0v) is 11.8. The van der Waals surface area contributed by atoms with E-state index in [2.05, 4.69) is 41.5 Å². The van der Waals surface area contributed by atoms with Crippen LogP contribution in [0.15, 0.2) is 0 Å². The Morgan fingerprint density at radius 2 is 2.13 bits per heavy atom. The quantitative estimate of drug-likeness (QED) is 0.865. The summed E-state index contributed by atoms with van der Waals surface area (Å²) >= 11 is 2.23. The van der Waals surface area contributed by atoms with Gasteiger partial charge in [-0.3, -0.25) is 0 Å². The molecular weight excluding hydrogens is 305 g/mol. The van der Waals surface area contributed by atoms with Gasteiger partial charge in [-0.15, -0.1) is 0 Å². The topological polar surface area (TPSA) is 53.1 Å². The van der Waals surface area contributed by atoms with Gasteiger partial charge in [0.05, 0.1) is 21.9 Å². The number of ether oxygens (including phenoxy) is 1. The van der Waals surface area contributed by atoms with E-state index in [1.54, 1.807) is 7.11 Å². The summed E-state index contributed by atoms with van der Waals surface area (Å²) in [4.78, 5) is 0. The summed E-state index contributed by atoms with van der Waals surface area (Å²) in [5.41, 5.74) is 6.99. The van der Waals surface area contributed by atoms with Gasteiger partial charge in [-0.25, -0.2) is 4.68 Å². The minimum atomic E-state index is 0.206. The molecule has 86 valence electrons. The Bertz CT molecular complexity index is 336. The van der Waals surface area contributed by atoms with E-state index in [0.717, 1.165) is 15.1 Å². The first kappa shape index (κ1) is 12.8. The van der Waals surface area contributed by atoms with E-state index >= 15 is 0 Å². The molecule has 0 aromatic carbocycles. The fraction of sp³-hybridized carbons (Fsp3) is 0.700. The van der Waals surface area contributed by atoms with Crippen LogP contribution in [0, 0.1) is 16.4 Å². The summed E-state index contributed by atoms with van der Waals surface area (Å²) in [5, 5.41) is 4.45. The Morgan fingerprint density at radius 1 is 1.53 bits per heavy atom. The minimum Gasteiger partial charge on any atom is -0.383 e. The molecule has 0 fully saturated rings. The van der Waals surface area contributed by atoms with Crippen LogP contribution in [0.1, 0.15) is 25.6 Å². The van der Waals surface area contributed by atoms with Crippen molar-refractivity contribution < 1.29 is 4.74 Å². The number of anilines is 1. The molecule has 5 heteroatoms. The van der Waals surface area contributed by atoms with Crippen molar-refractivity contribution in [2.75, 3.05) is 19.5 Å². The maximum Gasteiger partial charge on any atom is 0.135 e. The average Bonchev–Trinajstić information content (AvgIpc) is 2.42. The number of methoxy groups -OCH3 is 1. The van der Waals surface area contributed by atoms with Crippen molar-refractivity contribution in [3.05, 3.63) is 9.26 Å². The summed E-state index contributed by atoms with van der Waals surface area (Å²) < 4.78 is 8.12. The molecule has 1 unspecified atom stereocenters. The summed E-state index contributed by atoms with van der Waals surface area (Å²) in [6, 6.07) is 0.206. The molecule has 0 amide bonds. The third-order valence-corrected chi connectivity index (χ3v) is 3.80. The molecule has 1 rings (SSSR count). The van der Waals surface area contributed by atoms with E-state index in [9.17, 15) is 0 Å². The molecule has 1 aromatic rings. The molecule has 1 heterocycles. The highest BCUT2D eigenvalue weighted by Gasteiger charge is 2.21. The van der Waals surface area contributed by atoms with Gasteiger partial charge in [0, 0.05) is 7.11 Å². The number of nitrogens with two attached hydrogens (primary N) is 1. The van der Waals surface area contributed by atoms with E-state index in [1.165, 1.54) is 0 Å². The Labute approximate surface area is 104 Å². The number of aryl methyl sites for hydroxylation is 1. The second-order valence-electron chi connectivity index (χ2n) is 4.00. The van der Waals surface area contributed by atoms with Crippen LogP contribution in [0.4, 0.5) is 5.82 Å². The van der Waals surface area contributed by atoms with Crippen molar-refractivity contribution in [3.8, 4) is 0 Å². The smallest absolute Gasteiger partial charge is 0.135 e. The molecule has 0 saturated carbocycles. The molecule has 0 bridgehead atoms. The maximum absolute atomic E-state index is 6.01. The number of halogens is 1. The molecule has 15 heavy (non-hydrogen) atoms. The van der Waals surface area contributed by atoms with Gasteiger partial charge in [0.1, 0.15) is 5.82 Å². The number of nitrogens with zero attached hydrogens (tertiary/aromatic N) is 2. The number of nitrogen functional groups attached to an aromatic ring is 1. The molecule has 1 aromatic heterocycles. The summed E-state index contributed by atoms with van der Waals surface area (Å²) in [6.07, 6.45) is 0. The van der Waals surface area contributed by atoms with Crippen molar-refractivity contribution in [3.63, 3.8) is 0 Å². The lowest BCUT2D eigenvalue weighted by Crippen LogP contribution is -2.23. The van der Waals surface area contributed by atoms with Crippen molar-refractivity contribution >= 4 is 28.4 Å². The van der Waals surface area contributed by atoms with E-state index < -0.39 is 0 Å². The molecular formula is C10H18IN3O. The normalized spacial score (nSPS) is 13.5. The lowest BCUT2D eigenvalue weighted by atomic mass is 10.1. The van der Waals surface area contributed by atoms with Crippen molar-refractivity contribution in [2.24, 2.45) is 5.92 Å². The van der Waals surface area contributed by atoms with E-state index in [4.69, 9.17) is 10.5 Å². The number of hydrogen-bond acceptors (Lipinski definition) is 3. The summed E-state index contributed by atoms with van der Waals surface area (Å²) in [7, 11) is 1.70. The SMILES string of the molecule is COCC(C(C)C)n1nc(C)c(I)c1N. The minimum absolute atomic E-state index is 0.206. The van der Waals surface area contributed by atoms with Crippen molar-refractivity contribution in [2.45, 2.75) is 26.8 Å². The van der Waals surface area contributed by atoms with Gasteiger partial charge >= 0.3 is 0 Å². The van der Waals surface area contributed by atoms with Gasteiger partial charge in [0.2, 0.25) is 0 Å².